The molecule has 1 aliphatic heterocycles. The molecule has 1 aromatic carbocycles. The van der Waals surface area contributed by atoms with Crippen molar-refractivity contribution in [3.63, 3.8) is 0 Å². The molecule has 0 radical (unpaired) electrons. The minimum atomic E-state index is -0.180. The van der Waals surface area contributed by atoms with Crippen LogP contribution in [-0.4, -0.2) is 13.2 Å². The van der Waals surface area contributed by atoms with Crippen LogP contribution >= 0.6 is 15.9 Å². The van der Waals surface area contributed by atoms with Gasteiger partial charge in [-0.2, -0.15) is 0 Å². The first kappa shape index (κ1) is 13.5. The molecule has 2 heterocycles. The van der Waals surface area contributed by atoms with Crippen molar-refractivity contribution >= 4 is 15.9 Å². The van der Waals surface area contributed by atoms with Gasteiger partial charge >= 0.3 is 0 Å². The molecule has 1 unspecified atom stereocenters. The average molecular weight is 339 g/mol. The Kier molecular flexibility index (Phi) is 3.95. The largest absolute Gasteiger partial charge is 0.490 e. The number of halogens is 1. The zero-order valence-electron chi connectivity index (χ0n) is 10.8. The molecule has 0 fully saturated rings. The van der Waals surface area contributed by atoms with E-state index in [9.17, 15) is 0 Å². The molecule has 1 aromatic heterocycles. The number of furan rings is 1. The molecule has 1 atom stereocenters. The Hall–Kier alpha value is -1.50. The zero-order chi connectivity index (χ0) is 13.9. The highest BCUT2D eigenvalue weighted by Gasteiger charge is 2.20. The Morgan fingerprint density at radius 2 is 1.95 bits per heavy atom. The third kappa shape index (κ3) is 2.54. The molecule has 0 bridgehead atoms. The SMILES string of the molecule is NNC(c1ccc2c(c1)OCCCO2)c1ccoc1Br. The van der Waals surface area contributed by atoms with Crippen LogP contribution in [-0.2, 0) is 0 Å². The lowest BCUT2D eigenvalue weighted by atomic mass is 10.0. The number of hydrogen-bond donors (Lipinski definition) is 2. The molecule has 3 N–H and O–H groups in total. The maximum Gasteiger partial charge on any atom is 0.174 e. The molecule has 0 saturated heterocycles. The van der Waals surface area contributed by atoms with Gasteiger partial charge in [-0.25, -0.2) is 5.43 Å². The van der Waals surface area contributed by atoms with Gasteiger partial charge in [0.2, 0.25) is 0 Å². The molecule has 0 spiro atoms. The van der Waals surface area contributed by atoms with Crippen LogP contribution in [0.1, 0.15) is 23.6 Å². The van der Waals surface area contributed by atoms with Crippen LogP contribution in [0.15, 0.2) is 39.6 Å². The maximum absolute atomic E-state index is 5.70. The Labute approximate surface area is 125 Å². The van der Waals surface area contributed by atoms with E-state index in [1.807, 2.05) is 24.3 Å². The summed E-state index contributed by atoms with van der Waals surface area (Å²) in [6.07, 6.45) is 2.50. The molecular formula is C14H15BrN2O3. The summed E-state index contributed by atoms with van der Waals surface area (Å²) in [5.74, 6) is 7.21. The van der Waals surface area contributed by atoms with Crippen molar-refractivity contribution in [1.82, 2.24) is 5.43 Å². The van der Waals surface area contributed by atoms with Crippen LogP contribution in [0, 0.1) is 0 Å². The standard InChI is InChI=1S/C14H15BrN2O3/c15-14-10(4-7-20-14)13(17-16)9-2-3-11-12(8-9)19-6-1-5-18-11/h2-4,7-8,13,17H,1,5-6,16H2. The highest BCUT2D eigenvalue weighted by atomic mass is 79.9. The van der Waals surface area contributed by atoms with Crippen molar-refractivity contribution in [2.75, 3.05) is 13.2 Å². The number of benzene rings is 1. The first-order valence-corrected chi connectivity index (χ1v) is 7.17. The van der Waals surface area contributed by atoms with E-state index >= 15 is 0 Å². The van der Waals surface area contributed by atoms with Crippen molar-refractivity contribution in [1.29, 1.82) is 0 Å². The molecule has 3 rings (SSSR count). The molecule has 1 aliphatic rings. The summed E-state index contributed by atoms with van der Waals surface area (Å²) in [6.45, 7) is 1.34. The van der Waals surface area contributed by atoms with E-state index in [1.54, 1.807) is 6.26 Å². The van der Waals surface area contributed by atoms with Gasteiger partial charge in [0.15, 0.2) is 16.2 Å². The highest BCUT2D eigenvalue weighted by Crippen LogP contribution is 2.35. The Bertz CT molecular complexity index is 600. The number of ether oxygens (including phenoxy) is 2. The predicted molar refractivity (Wildman–Crippen MR) is 77.6 cm³/mol. The summed E-state index contributed by atoms with van der Waals surface area (Å²) in [4.78, 5) is 0. The number of hydrogen-bond acceptors (Lipinski definition) is 5. The second kappa shape index (κ2) is 5.87. The molecule has 20 heavy (non-hydrogen) atoms. The molecule has 0 aliphatic carbocycles. The van der Waals surface area contributed by atoms with Crippen molar-refractivity contribution < 1.29 is 13.9 Å². The van der Waals surface area contributed by atoms with Crippen LogP contribution in [0.2, 0.25) is 0 Å². The minimum Gasteiger partial charge on any atom is -0.490 e. The van der Waals surface area contributed by atoms with Crippen LogP contribution in [0.25, 0.3) is 0 Å². The maximum atomic E-state index is 5.70. The molecule has 5 nitrogen and oxygen atoms in total. The molecule has 106 valence electrons. The first-order valence-electron chi connectivity index (χ1n) is 6.38. The van der Waals surface area contributed by atoms with E-state index in [0.717, 1.165) is 29.0 Å². The lowest BCUT2D eigenvalue weighted by Crippen LogP contribution is -2.28. The van der Waals surface area contributed by atoms with Gasteiger partial charge in [0, 0.05) is 12.0 Å². The predicted octanol–water partition coefficient (Wildman–Crippen LogP) is 2.76. The van der Waals surface area contributed by atoms with Crippen LogP contribution in [0.5, 0.6) is 11.5 Å². The lowest BCUT2D eigenvalue weighted by molar-refractivity contribution is 0.297. The normalized spacial score (nSPS) is 15.7. The van der Waals surface area contributed by atoms with Gasteiger partial charge in [-0.15, -0.1) is 0 Å². The lowest BCUT2D eigenvalue weighted by Gasteiger charge is -2.17. The summed E-state index contributed by atoms with van der Waals surface area (Å²) in [5.41, 5.74) is 4.72. The topological polar surface area (TPSA) is 69.7 Å². The Morgan fingerprint density at radius 3 is 2.65 bits per heavy atom. The third-order valence-corrected chi connectivity index (χ3v) is 3.87. The molecular weight excluding hydrogens is 324 g/mol. The van der Waals surface area contributed by atoms with E-state index in [0.29, 0.717) is 17.9 Å². The number of fused-ring (bicyclic) bond motifs is 1. The van der Waals surface area contributed by atoms with Crippen molar-refractivity contribution in [2.24, 2.45) is 5.84 Å². The fraction of sp³-hybridized carbons (Fsp3) is 0.286. The average Bonchev–Trinajstić information content (AvgIpc) is 2.75. The van der Waals surface area contributed by atoms with Gasteiger partial charge in [-0.05, 0) is 39.7 Å². The van der Waals surface area contributed by atoms with E-state index in [1.165, 1.54) is 0 Å². The summed E-state index contributed by atoms with van der Waals surface area (Å²) in [7, 11) is 0. The second-order valence-corrected chi connectivity index (χ2v) is 5.23. The molecule has 6 heteroatoms. The highest BCUT2D eigenvalue weighted by molar-refractivity contribution is 9.10. The van der Waals surface area contributed by atoms with Crippen molar-refractivity contribution in [3.05, 3.63) is 46.3 Å². The van der Waals surface area contributed by atoms with Gasteiger partial charge in [0.05, 0.1) is 25.5 Å². The van der Waals surface area contributed by atoms with Gasteiger partial charge in [-0.1, -0.05) is 6.07 Å². The quantitative estimate of drug-likeness (QED) is 0.665. The van der Waals surface area contributed by atoms with E-state index < -0.39 is 0 Å². The van der Waals surface area contributed by atoms with Gasteiger partial charge in [0.1, 0.15) is 0 Å². The fourth-order valence-electron chi connectivity index (χ4n) is 2.24. The Morgan fingerprint density at radius 1 is 1.15 bits per heavy atom. The van der Waals surface area contributed by atoms with Crippen LogP contribution < -0.4 is 20.7 Å². The van der Waals surface area contributed by atoms with Crippen molar-refractivity contribution in [3.8, 4) is 11.5 Å². The number of nitrogens with one attached hydrogen (secondary N) is 1. The smallest absolute Gasteiger partial charge is 0.174 e. The van der Waals surface area contributed by atoms with Gasteiger partial charge in [0.25, 0.3) is 0 Å². The molecule has 0 saturated carbocycles. The zero-order valence-corrected chi connectivity index (χ0v) is 12.4. The van der Waals surface area contributed by atoms with Crippen molar-refractivity contribution in [2.45, 2.75) is 12.5 Å². The summed E-state index contributed by atoms with van der Waals surface area (Å²) < 4.78 is 17.3. The van der Waals surface area contributed by atoms with Gasteiger partial charge in [-0.3, -0.25) is 5.84 Å². The first-order chi connectivity index (χ1) is 9.79. The Balaban J connectivity index is 1.96. The number of rotatable bonds is 3. The fourth-order valence-corrected chi connectivity index (χ4v) is 2.70. The summed E-state index contributed by atoms with van der Waals surface area (Å²) >= 11 is 3.37. The van der Waals surface area contributed by atoms with E-state index in [-0.39, 0.29) is 6.04 Å². The van der Waals surface area contributed by atoms with Crippen LogP contribution in [0.3, 0.4) is 0 Å². The van der Waals surface area contributed by atoms with Crippen LogP contribution in [0.4, 0.5) is 0 Å². The summed E-state index contributed by atoms with van der Waals surface area (Å²) in [6, 6.07) is 7.52. The summed E-state index contributed by atoms with van der Waals surface area (Å²) in [5, 5.41) is 0. The molecule has 2 aromatic rings. The van der Waals surface area contributed by atoms with E-state index in [4.69, 9.17) is 19.7 Å². The second-order valence-electron chi connectivity index (χ2n) is 4.51. The van der Waals surface area contributed by atoms with E-state index in [2.05, 4.69) is 21.4 Å². The molecule has 0 amide bonds. The third-order valence-electron chi connectivity index (χ3n) is 3.23. The number of nitrogens with two attached hydrogens (primary N) is 1. The number of hydrazine groups is 1. The van der Waals surface area contributed by atoms with Gasteiger partial charge < -0.3 is 13.9 Å². The minimum absolute atomic E-state index is 0.180. The monoisotopic (exact) mass is 338 g/mol.